The van der Waals surface area contributed by atoms with Gasteiger partial charge in [0.05, 0.1) is 19.3 Å². The number of hydrogen-bond acceptors (Lipinski definition) is 7. The Hall–Kier alpha value is -4.29. The number of fused-ring (bicyclic) bond motifs is 1. The van der Waals surface area contributed by atoms with Crippen LogP contribution in [0.4, 0.5) is 29.5 Å². The van der Waals surface area contributed by atoms with E-state index in [0.29, 0.717) is 11.1 Å². The van der Waals surface area contributed by atoms with Gasteiger partial charge in [-0.2, -0.15) is 4.68 Å². The molecule has 3 heterocycles. The molecular weight excluding hydrogens is 471 g/mol. The van der Waals surface area contributed by atoms with Crippen molar-refractivity contribution < 1.29 is 27.4 Å². The van der Waals surface area contributed by atoms with Crippen LogP contribution < -0.4 is 21.2 Å². The molecule has 184 valence electrons. The van der Waals surface area contributed by atoms with Crippen LogP contribution in [0.5, 0.6) is 5.75 Å². The fraction of sp³-hybridized carbons (Fsp3) is 0.273. The number of nitrogens with one attached hydrogen (secondary N) is 1. The summed E-state index contributed by atoms with van der Waals surface area (Å²) in [6, 6.07) is 7.83. The zero-order chi connectivity index (χ0) is 25.3. The van der Waals surface area contributed by atoms with Crippen molar-refractivity contribution in [3.63, 3.8) is 0 Å². The third-order valence-electron chi connectivity index (χ3n) is 5.41. The van der Waals surface area contributed by atoms with Crippen LogP contribution in [0.3, 0.4) is 0 Å². The van der Waals surface area contributed by atoms with Crippen LogP contribution in [0.25, 0.3) is 5.69 Å². The highest BCUT2D eigenvalue weighted by Crippen LogP contribution is 2.27. The van der Waals surface area contributed by atoms with E-state index in [1.807, 2.05) is 0 Å². The molecule has 1 N–H and O–H groups in total. The molecule has 13 heteroatoms. The van der Waals surface area contributed by atoms with Gasteiger partial charge in [0, 0.05) is 30.9 Å². The van der Waals surface area contributed by atoms with Crippen molar-refractivity contribution in [2.45, 2.75) is 19.3 Å². The molecule has 2 aromatic heterocycles. The smallest absolute Gasteiger partial charge is 0.453 e. The molecule has 0 spiro atoms. The van der Waals surface area contributed by atoms with Gasteiger partial charge in [0.15, 0.2) is 5.82 Å². The summed E-state index contributed by atoms with van der Waals surface area (Å²) in [7, 11) is 2.81. The minimum atomic E-state index is -4.85. The molecule has 1 aliphatic heterocycles. The number of carbonyl (C=O) groups excluding carboxylic acids is 1. The lowest BCUT2D eigenvalue weighted by molar-refractivity contribution is -0.274. The highest BCUT2D eigenvalue weighted by Gasteiger charge is 2.31. The maximum atomic E-state index is 13.3. The number of ether oxygens (including phenoxy) is 2. The van der Waals surface area contributed by atoms with E-state index in [2.05, 4.69) is 15.2 Å². The molecule has 3 aromatic rings. The van der Waals surface area contributed by atoms with E-state index in [-0.39, 0.29) is 42.3 Å². The SMILES string of the molecule is COC(=O)N1CCc2c(c(Nc3cccn(C)c3=O)nn(-c3ccc(OC(F)(F)F)cc3)c2=O)C1. The predicted molar refractivity (Wildman–Crippen MR) is 118 cm³/mol. The molecule has 1 amide bonds. The average molecular weight is 491 g/mol. The Morgan fingerprint density at radius 1 is 1.09 bits per heavy atom. The van der Waals surface area contributed by atoms with E-state index < -0.39 is 23.8 Å². The maximum Gasteiger partial charge on any atom is 0.573 e. The van der Waals surface area contributed by atoms with Gasteiger partial charge in [0.1, 0.15) is 11.4 Å². The number of hydrogen-bond donors (Lipinski definition) is 1. The summed E-state index contributed by atoms with van der Waals surface area (Å²) >= 11 is 0. The number of benzene rings is 1. The minimum absolute atomic E-state index is 0.0128. The normalized spacial score (nSPS) is 13.2. The Bertz CT molecular complexity index is 1380. The fourth-order valence-electron chi connectivity index (χ4n) is 3.72. The number of alkyl halides is 3. The topological polar surface area (TPSA) is 108 Å². The van der Waals surface area contributed by atoms with Crippen LogP contribution in [-0.2, 0) is 24.8 Å². The summed E-state index contributed by atoms with van der Waals surface area (Å²) in [5.41, 5.74) is 0.276. The Kier molecular flexibility index (Phi) is 6.24. The van der Waals surface area contributed by atoms with Gasteiger partial charge >= 0.3 is 12.5 Å². The summed E-state index contributed by atoms with van der Waals surface area (Å²) in [6.07, 6.45) is -3.68. The lowest BCUT2D eigenvalue weighted by Crippen LogP contribution is -2.40. The summed E-state index contributed by atoms with van der Waals surface area (Å²) in [4.78, 5) is 39.3. The van der Waals surface area contributed by atoms with Crippen LogP contribution in [0.2, 0.25) is 0 Å². The van der Waals surface area contributed by atoms with Gasteiger partial charge in [-0.3, -0.25) is 9.59 Å². The molecule has 0 aliphatic carbocycles. The molecule has 0 saturated heterocycles. The monoisotopic (exact) mass is 491 g/mol. The van der Waals surface area contributed by atoms with Crippen LogP contribution in [-0.4, -0.2) is 45.4 Å². The van der Waals surface area contributed by atoms with Crippen molar-refractivity contribution in [2.75, 3.05) is 19.0 Å². The fourth-order valence-corrected chi connectivity index (χ4v) is 3.72. The summed E-state index contributed by atoms with van der Waals surface area (Å²) < 4.78 is 48.5. The first-order valence-corrected chi connectivity index (χ1v) is 10.3. The number of methoxy groups -OCH3 is 1. The average Bonchev–Trinajstić information content (AvgIpc) is 2.82. The molecule has 10 nitrogen and oxygen atoms in total. The van der Waals surface area contributed by atoms with Gasteiger partial charge < -0.3 is 24.3 Å². The number of aromatic nitrogens is 3. The number of carbonyl (C=O) groups is 1. The number of halogens is 3. The minimum Gasteiger partial charge on any atom is -0.453 e. The van der Waals surface area contributed by atoms with Crippen molar-refractivity contribution >= 4 is 17.6 Å². The van der Waals surface area contributed by atoms with Crippen molar-refractivity contribution in [1.29, 1.82) is 0 Å². The molecule has 0 saturated carbocycles. The zero-order valence-corrected chi connectivity index (χ0v) is 18.6. The Labute approximate surface area is 196 Å². The number of amides is 1. The molecule has 4 rings (SSSR count). The van der Waals surface area contributed by atoms with Crippen LogP contribution in [0, 0.1) is 0 Å². The highest BCUT2D eigenvalue weighted by molar-refractivity contribution is 5.69. The van der Waals surface area contributed by atoms with Gasteiger partial charge in [-0.15, -0.1) is 18.3 Å². The number of aryl methyl sites for hydroxylation is 1. The number of rotatable bonds is 4. The lowest BCUT2D eigenvalue weighted by Gasteiger charge is -2.29. The number of nitrogens with zero attached hydrogens (tertiary/aromatic N) is 4. The second kappa shape index (κ2) is 9.16. The van der Waals surface area contributed by atoms with Crippen molar-refractivity contribution in [3.05, 3.63) is 74.4 Å². The van der Waals surface area contributed by atoms with Gasteiger partial charge in [-0.25, -0.2) is 4.79 Å². The van der Waals surface area contributed by atoms with E-state index in [4.69, 9.17) is 4.74 Å². The first-order valence-electron chi connectivity index (χ1n) is 10.3. The van der Waals surface area contributed by atoms with Gasteiger partial charge in [-0.05, 0) is 42.8 Å². The van der Waals surface area contributed by atoms with Crippen molar-refractivity contribution in [2.24, 2.45) is 7.05 Å². The van der Waals surface area contributed by atoms with Gasteiger partial charge in [0.25, 0.3) is 11.1 Å². The molecule has 1 aromatic carbocycles. The maximum absolute atomic E-state index is 13.3. The number of anilines is 2. The molecular formula is C22H20F3N5O5. The molecule has 0 bridgehead atoms. The lowest BCUT2D eigenvalue weighted by atomic mass is 10.0. The van der Waals surface area contributed by atoms with E-state index >= 15 is 0 Å². The number of pyridine rings is 1. The molecule has 0 unspecified atom stereocenters. The highest BCUT2D eigenvalue weighted by atomic mass is 19.4. The Morgan fingerprint density at radius 2 is 1.80 bits per heavy atom. The molecule has 0 radical (unpaired) electrons. The summed E-state index contributed by atoms with van der Waals surface area (Å²) in [5, 5.41) is 7.29. The second-order valence-electron chi connectivity index (χ2n) is 7.67. The first-order chi connectivity index (χ1) is 16.6. The summed E-state index contributed by atoms with van der Waals surface area (Å²) in [6.45, 7) is 0.225. The quantitative estimate of drug-likeness (QED) is 0.598. The molecule has 1 aliphatic rings. The van der Waals surface area contributed by atoms with E-state index in [0.717, 1.165) is 16.8 Å². The molecule has 0 atom stereocenters. The van der Waals surface area contributed by atoms with E-state index in [9.17, 15) is 27.6 Å². The predicted octanol–water partition coefficient (Wildman–Crippen LogP) is 2.70. The van der Waals surface area contributed by atoms with Crippen LogP contribution >= 0.6 is 0 Å². The third kappa shape index (κ3) is 4.98. The Morgan fingerprint density at radius 3 is 2.46 bits per heavy atom. The standard InChI is InChI=1S/C22H20F3N5O5/c1-28-10-3-4-17(20(28)32)26-18-16-12-29(21(33)34-2)11-9-15(16)19(31)30(27-18)13-5-7-14(8-6-13)35-22(23,24)25/h3-8,10H,9,11-12H2,1-2H3,(H,26,27). The van der Waals surface area contributed by atoms with Crippen molar-refractivity contribution in [1.82, 2.24) is 19.2 Å². The molecule has 0 fully saturated rings. The molecule has 35 heavy (non-hydrogen) atoms. The largest absolute Gasteiger partial charge is 0.573 e. The third-order valence-corrected chi connectivity index (χ3v) is 5.41. The zero-order valence-electron chi connectivity index (χ0n) is 18.6. The van der Waals surface area contributed by atoms with Crippen LogP contribution in [0.15, 0.2) is 52.2 Å². The summed E-state index contributed by atoms with van der Waals surface area (Å²) in [5.74, 6) is -0.306. The van der Waals surface area contributed by atoms with Gasteiger partial charge in [-0.1, -0.05) is 0 Å². The van der Waals surface area contributed by atoms with Crippen LogP contribution in [0.1, 0.15) is 11.1 Å². The van der Waals surface area contributed by atoms with Gasteiger partial charge in [0.2, 0.25) is 0 Å². The van der Waals surface area contributed by atoms with Crippen molar-refractivity contribution in [3.8, 4) is 11.4 Å². The Balaban J connectivity index is 1.81. The van der Waals surface area contributed by atoms with E-state index in [1.54, 1.807) is 19.3 Å². The van der Waals surface area contributed by atoms with E-state index in [1.165, 1.54) is 34.8 Å². The second-order valence-corrected chi connectivity index (χ2v) is 7.67. The first kappa shape index (κ1) is 23.9.